The van der Waals surface area contributed by atoms with E-state index in [0.29, 0.717) is 76.1 Å². The van der Waals surface area contributed by atoms with Gasteiger partial charge >= 0.3 is 23.7 Å². The topological polar surface area (TPSA) is 399 Å². The molecule has 5 aromatic carbocycles. The summed E-state index contributed by atoms with van der Waals surface area (Å²) in [5.74, 6) is -32.6. The predicted octanol–water partition coefficient (Wildman–Crippen LogP) is 9.52. The Balaban J connectivity index is 0.000000179. The van der Waals surface area contributed by atoms with E-state index < -0.39 is 194 Å². The fourth-order valence-corrected chi connectivity index (χ4v) is 16.3. The van der Waals surface area contributed by atoms with E-state index in [9.17, 15) is 126 Å². The van der Waals surface area contributed by atoms with Crippen LogP contribution in [0, 0.1) is 75.7 Å². The van der Waals surface area contributed by atoms with Crippen LogP contribution in [0.2, 0.25) is 0 Å². The number of hydrogen-bond donors (Lipinski definition) is 7. The second kappa shape index (κ2) is 45.9. The molecule has 5 aliphatic rings. The minimum Gasteiger partial charge on any atom is -0.352 e. The van der Waals surface area contributed by atoms with Gasteiger partial charge in [-0.3, -0.25) is 38.4 Å². The number of nitrogens with two attached hydrogens (primary N) is 3. The number of carbonyl (C=O) groups is 8. The Morgan fingerprint density at radius 1 is 0.364 bits per heavy atom. The highest BCUT2D eigenvalue weighted by atomic mass is 19.3. The Labute approximate surface area is 786 Å². The minimum atomic E-state index is -3.21. The summed E-state index contributed by atoms with van der Waals surface area (Å²) in [6.45, 7) is 4.52. The fraction of sp³-hybridized carbons (Fsp3) is 0.483. The number of amides is 8. The van der Waals surface area contributed by atoms with Gasteiger partial charge in [-0.2, -0.15) is 35.1 Å². The van der Waals surface area contributed by atoms with Gasteiger partial charge in [0.25, 0.3) is 0 Å². The maximum atomic E-state index is 14.4. The van der Waals surface area contributed by atoms with Gasteiger partial charge in [-0.15, -0.1) is 40.8 Å². The van der Waals surface area contributed by atoms with E-state index in [0.717, 1.165) is 31.4 Å². The third-order valence-corrected chi connectivity index (χ3v) is 23.5. The smallest absolute Gasteiger partial charge is 0.304 e. The normalized spacial score (nSPS) is 15.7. The van der Waals surface area contributed by atoms with Crippen molar-refractivity contribution in [2.75, 3.05) is 32.7 Å². The second-order valence-corrected chi connectivity index (χ2v) is 34.7. The SMILES string of the molecule is CC(F)(F)c1nnc2n1CCN(C(=O)CC(Cc1cc(F)c(F)cc1F)NC(=O)C(N)Cc1ccccc1)C2.CC(F)(F)c1nnc2n1CCN(C(=O)CC(Cc1cc(F)c(F)cc1F)NC(=O)C1CCCC1)C2.CC(F)(F)c1nnc2n1CCN(C(=O)CC(Cc1cc(F)c(F)cc1F)NC(=O)CCN)C2.CC(N)C(=O)NC(CC(=O)N1CCn2c(nnc2C(C)(F)F)C1)Cc1cc(F)c(F)cc1F. The number of aromatic nitrogens is 12. The average Bonchev–Trinajstić information content (AvgIpc) is 1.64. The third-order valence-electron chi connectivity index (χ3n) is 23.5. The van der Waals surface area contributed by atoms with Crippen LogP contribution >= 0.6 is 0 Å². The molecular weight excluding hydrogens is 1900 g/mol. The lowest BCUT2D eigenvalue weighted by molar-refractivity contribution is -0.135. The van der Waals surface area contributed by atoms with Crippen molar-refractivity contribution < 1.29 is 126 Å². The second-order valence-electron chi connectivity index (χ2n) is 34.7. The van der Waals surface area contributed by atoms with Crippen molar-refractivity contribution in [1.82, 2.24) is 99.9 Å². The molecule has 1 saturated carbocycles. The van der Waals surface area contributed by atoms with Gasteiger partial charge < -0.3 is 76.3 Å². The average molecular weight is 2000 g/mol. The summed E-state index contributed by atoms with van der Waals surface area (Å²) in [5, 5.41) is 39.6. The molecular formula is C89H99F20N23O8. The molecule has 4 aliphatic heterocycles. The van der Waals surface area contributed by atoms with Crippen LogP contribution < -0.4 is 38.5 Å². The first-order chi connectivity index (χ1) is 65.8. The van der Waals surface area contributed by atoms with Gasteiger partial charge in [0.2, 0.25) is 70.6 Å². The van der Waals surface area contributed by atoms with E-state index in [1.165, 1.54) is 44.8 Å². The van der Waals surface area contributed by atoms with Gasteiger partial charge in [-0.1, -0.05) is 43.2 Å². The number of rotatable bonds is 31. The van der Waals surface area contributed by atoms with Crippen LogP contribution in [0.3, 0.4) is 0 Å². The van der Waals surface area contributed by atoms with Gasteiger partial charge in [-0.25, -0.2) is 52.7 Å². The van der Waals surface area contributed by atoms with Crippen LogP contribution in [0.25, 0.3) is 0 Å². The number of alkyl halides is 8. The molecule has 0 radical (unpaired) electrons. The van der Waals surface area contributed by atoms with Crippen molar-refractivity contribution in [2.45, 2.75) is 237 Å². The number of benzene rings is 5. The summed E-state index contributed by atoms with van der Waals surface area (Å²) in [6, 6.07) is 7.56. The number of carbonyl (C=O) groups excluding carboxylic acids is 8. The standard InChI is InChI=1S/C26H27F5N6O2.C23H26F5N5O2.2C20H23F5N6O2/c1-26(30,31)25-35-34-22-14-36(7-8-37(22)25)23(38)12-17(10-16-11-19(28)20(29)13-18(16)27)33-24(39)21(32)9-15-5-3-2-4-6-15;1-23(27,28)22-31-30-19-12-32(6-7-33(19)22)20(34)10-15(29-21(35)13-4-2-3-5-13)8-14-9-17(25)18(26)11-16(14)24;1-10(26)18(33)27-12(5-11-6-14(22)15(23)8-13(11)21)7-17(32)30-3-4-31-16(9-30)28-29-19(31)20(2,24)25;1-20(24,25)19-29-28-16-10-30(4-5-31(16)19)18(33)8-12(27-17(32)2-3-26)6-11-7-14(22)15(23)9-13(11)21/h2-6,11,13,17,21H,7-10,12,14,32H2,1H3,(H,33,39);9,11,13,15H,2-8,10,12H2,1H3,(H,29,35);6,8,10,12H,3-5,7,9,26H2,1-2H3,(H,27,33);7,9,12H,2-6,8,10,26H2,1H3,(H,27,32). The van der Waals surface area contributed by atoms with E-state index in [1.54, 1.807) is 24.3 Å². The van der Waals surface area contributed by atoms with Crippen LogP contribution in [0.5, 0.6) is 0 Å². The molecule has 31 nitrogen and oxygen atoms in total. The van der Waals surface area contributed by atoms with Crippen LogP contribution in [0.4, 0.5) is 87.8 Å². The molecule has 0 bridgehead atoms. The summed E-state index contributed by atoms with van der Waals surface area (Å²) in [5.41, 5.74) is 16.9. The Hall–Kier alpha value is -13.1. The third kappa shape index (κ3) is 28.2. The summed E-state index contributed by atoms with van der Waals surface area (Å²) >= 11 is 0. The quantitative estimate of drug-likeness (QED) is 0.0157. The van der Waals surface area contributed by atoms with Crippen molar-refractivity contribution in [3.63, 3.8) is 0 Å². The van der Waals surface area contributed by atoms with Gasteiger partial charge in [0.05, 0.1) is 38.3 Å². The number of fused-ring (bicyclic) bond motifs is 4. The molecule has 14 rings (SSSR count). The van der Waals surface area contributed by atoms with Gasteiger partial charge in [0.1, 0.15) is 23.3 Å². The first kappa shape index (κ1) is 107. The predicted molar refractivity (Wildman–Crippen MR) is 454 cm³/mol. The summed E-state index contributed by atoms with van der Waals surface area (Å²) < 4.78 is 280. The highest BCUT2D eigenvalue weighted by molar-refractivity contribution is 5.85. The van der Waals surface area contributed by atoms with Crippen LogP contribution in [0.15, 0.2) is 78.9 Å². The molecule has 8 amide bonds. The number of halogens is 20. The lowest BCUT2D eigenvalue weighted by Gasteiger charge is -2.30. The Kier molecular flexibility index (Phi) is 35.2. The van der Waals surface area contributed by atoms with E-state index in [4.69, 9.17) is 17.2 Å². The van der Waals surface area contributed by atoms with Crippen LogP contribution in [-0.2, 0) is 147 Å². The van der Waals surface area contributed by atoms with Crippen molar-refractivity contribution in [2.24, 2.45) is 23.1 Å². The van der Waals surface area contributed by atoms with E-state index in [-0.39, 0.29) is 207 Å². The summed E-state index contributed by atoms with van der Waals surface area (Å²) in [6.07, 6.45) is 1.07. The first-order valence-corrected chi connectivity index (χ1v) is 44.1. The Morgan fingerprint density at radius 3 is 0.914 bits per heavy atom. The highest BCUT2D eigenvalue weighted by Gasteiger charge is 2.42. The molecule has 8 heterocycles. The van der Waals surface area contributed by atoms with Crippen molar-refractivity contribution >= 4 is 47.3 Å². The number of hydrogen-bond acceptors (Lipinski definition) is 19. The largest absolute Gasteiger partial charge is 0.352 e. The lowest BCUT2D eigenvalue weighted by Crippen LogP contribution is -2.49. The monoisotopic (exact) mass is 2000 g/mol. The summed E-state index contributed by atoms with van der Waals surface area (Å²) in [4.78, 5) is 107. The van der Waals surface area contributed by atoms with Crippen molar-refractivity contribution in [1.29, 1.82) is 0 Å². The van der Waals surface area contributed by atoms with Crippen LogP contribution in [-0.4, -0.2) is 195 Å². The molecule has 0 saturated heterocycles. The van der Waals surface area contributed by atoms with Crippen molar-refractivity contribution in [3.05, 3.63) is 223 Å². The van der Waals surface area contributed by atoms with E-state index in [1.807, 2.05) is 6.07 Å². The van der Waals surface area contributed by atoms with E-state index in [2.05, 4.69) is 62.1 Å². The molecule has 6 unspecified atom stereocenters. The maximum Gasteiger partial charge on any atom is 0.304 e. The number of nitrogens with zero attached hydrogens (tertiary/aromatic N) is 16. The molecule has 0 spiro atoms. The van der Waals surface area contributed by atoms with E-state index >= 15 is 0 Å². The molecule has 9 aromatic rings. The molecule has 140 heavy (non-hydrogen) atoms. The van der Waals surface area contributed by atoms with Gasteiger partial charge in [0, 0.05) is 173 Å². The highest BCUT2D eigenvalue weighted by Crippen LogP contribution is 2.35. The molecule has 4 aromatic heterocycles. The summed E-state index contributed by atoms with van der Waals surface area (Å²) in [7, 11) is 0. The van der Waals surface area contributed by atoms with Crippen molar-refractivity contribution in [3.8, 4) is 0 Å². The zero-order valence-electron chi connectivity index (χ0n) is 75.9. The maximum absolute atomic E-state index is 14.4. The van der Waals surface area contributed by atoms with Crippen LogP contribution in [0.1, 0.15) is 167 Å². The van der Waals surface area contributed by atoms with Gasteiger partial charge in [-0.05, 0) is 104 Å². The van der Waals surface area contributed by atoms with Gasteiger partial charge in [0.15, 0.2) is 69.8 Å². The first-order valence-electron chi connectivity index (χ1n) is 44.1. The zero-order valence-corrected chi connectivity index (χ0v) is 75.9. The molecule has 1 fully saturated rings. The fourth-order valence-electron chi connectivity index (χ4n) is 16.3. The molecule has 10 N–H and O–H groups in total. The Morgan fingerprint density at radius 2 is 0.636 bits per heavy atom. The molecule has 758 valence electrons. The zero-order chi connectivity index (χ0) is 102. The minimum absolute atomic E-state index is 0.0314. The molecule has 1 aliphatic carbocycles. The lowest BCUT2D eigenvalue weighted by atomic mass is 9.99. The number of nitrogens with one attached hydrogen (secondary N) is 4. The molecule has 6 atom stereocenters. The molecule has 51 heteroatoms. The Bertz CT molecular complexity index is 5960.